The van der Waals surface area contributed by atoms with Crippen molar-refractivity contribution in [3.63, 3.8) is 0 Å². The van der Waals surface area contributed by atoms with Crippen LogP contribution in [0.25, 0.3) is 0 Å². The predicted octanol–water partition coefficient (Wildman–Crippen LogP) is 0.672. The van der Waals surface area contributed by atoms with E-state index in [0.717, 1.165) is 11.4 Å². The minimum atomic E-state index is -0.987. The molecule has 16 heavy (non-hydrogen) atoms. The van der Waals surface area contributed by atoms with E-state index in [9.17, 15) is 4.79 Å². The number of nitrogens with two attached hydrogens (primary N) is 1. The maximum absolute atomic E-state index is 10.7. The molecular formula is C11H19N3O2. The van der Waals surface area contributed by atoms with Crippen molar-refractivity contribution in [1.29, 1.82) is 0 Å². The number of aliphatic carboxylic acids is 1. The van der Waals surface area contributed by atoms with Crippen molar-refractivity contribution in [2.75, 3.05) is 0 Å². The summed E-state index contributed by atoms with van der Waals surface area (Å²) >= 11 is 0. The lowest BCUT2D eigenvalue weighted by Gasteiger charge is -2.13. The lowest BCUT2D eigenvalue weighted by molar-refractivity contribution is -0.138. The second-order valence-electron chi connectivity index (χ2n) is 5.04. The molecule has 1 atom stereocenters. The molecule has 0 fully saturated rings. The van der Waals surface area contributed by atoms with Gasteiger partial charge < -0.3 is 10.8 Å². The van der Waals surface area contributed by atoms with Crippen molar-refractivity contribution in [3.05, 3.63) is 17.5 Å². The largest absolute Gasteiger partial charge is 0.480 e. The second kappa shape index (κ2) is 4.25. The van der Waals surface area contributed by atoms with Gasteiger partial charge in [0.05, 0.1) is 5.69 Å². The van der Waals surface area contributed by atoms with Crippen molar-refractivity contribution >= 4 is 5.97 Å². The summed E-state index contributed by atoms with van der Waals surface area (Å²) in [6, 6.07) is 1.05. The van der Waals surface area contributed by atoms with Crippen LogP contribution in [0.3, 0.4) is 0 Å². The number of hydrogen-bond acceptors (Lipinski definition) is 3. The Hall–Kier alpha value is -1.36. The van der Waals surface area contributed by atoms with E-state index >= 15 is 0 Å². The summed E-state index contributed by atoms with van der Waals surface area (Å²) in [6.07, 6.45) is 0.301. The highest BCUT2D eigenvalue weighted by molar-refractivity contribution is 5.73. The SMILES string of the molecule is Cn1nc(C(C)(C)C)cc1CC(N)C(=O)O. The summed E-state index contributed by atoms with van der Waals surface area (Å²) in [5.74, 6) is -0.987. The highest BCUT2D eigenvalue weighted by Gasteiger charge is 2.21. The Labute approximate surface area is 95.3 Å². The quantitative estimate of drug-likeness (QED) is 0.792. The Morgan fingerprint density at radius 3 is 2.56 bits per heavy atom. The highest BCUT2D eigenvalue weighted by atomic mass is 16.4. The number of nitrogens with zero attached hydrogens (tertiary/aromatic N) is 2. The molecule has 1 aromatic rings. The van der Waals surface area contributed by atoms with Gasteiger partial charge in [-0.15, -0.1) is 0 Å². The van der Waals surface area contributed by atoms with Gasteiger partial charge in [-0.05, 0) is 6.07 Å². The van der Waals surface area contributed by atoms with E-state index in [1.165, 1.54) is 0 Å². The summed E-state index contributed by atoms with van der Waals surface area (Å²) in [6.45, 7) is 6.20. The standard InChI is InChI=1S/C11H19N3O2/c1-11(2,3)9-6-7(14(4)13-9)5-8(12)10(15)16/h6,8H,5,12H2,1-4H3,(H,15,16). The molecule has 0 radical (unpaired) electrons. The van der Waals surface area contributed by atoms with Crippen LogP contribution in [-0.4, -0.2) is 26.9 Å². The van der Waals surface area contributed by atoms with E-state index in [-0.39, 0.29) is 5.41 Å². The van der Waals surface area contributed by atoms with Crippen molar-refractivity contribution in [1.82, 2.24) is 9.78 Å². The number of carbonyl (C=O) groups is 1. The van der Waals surface area contributed by atoms with Gasteiger partial charge in [0.25, 0.3) is 0 Å². The van der Waals surface area contributed by atoms with E-state index in [0.29, 0.717) is 6.42 Å². The molecule has 0 aromatic carbocycles. The predicted molar refractivity (Wildman–Crippen MR) is 61.2 cm³/mol. The maximum atomic E-state index is 10.7. The molecule has 0 bridgehead atoms. The third-order valence-corrected chi connectivity index (χ3v) is 2.49. The average Bonchev–Trinajstić information content (AvgIpc) is 2.47. The minimum absolute atomic E-state index is 0.0384. The van der Waals surface area contributed by atoms with Crippen molar-refractivity contribution in [2.24, 2.45) is 12.8 Å². The molecule has 1 aromatic heterocycles. The van der Waals surface area contributed by atoms with Gasteiger partial charge in [0.15, 0.2) is 0 Å². The van der Waals surface area contributed by atoms with E-state index in [1.807, 2.05) is 6.07 Å². The number of aromatic nitrogens is 2. The van der Waals surface area contributed by atoms with Crippen molar-refractivity contribution < 1.29 is 9.90 Å². The first-order valence-corrected chi connectivity index (χ1v) is 5.23. The van der Waals surface area contributed by atoms with Crippen LogP contribution in [-0.2, 0) is 23.7 Å². The third-order valence-electron chi connectivity index (χ3n) is 2.49. The monoisotopic (exact) mass is 225 g/mol. The zero-order valence-corrected chi connectivity index (χ0v) is 10.2. The average molecular weight is 225 g/mol. The van der Waals surface area contributed by atoms with Crippen LogP contribution in [0.15, 0.2) is 6.07 Å². The molecule has 1 unspecified atom stereocenters. The second-order valence-corrected chi connectivity index (χ2v) is 5.04. The molecular weight excluding hydrogens is 206 g/mol. The molecule has 90 valence electrons. The van der Waals surface area contributed by atoms with Gasteiger partial charge in [0, 0.05) is 24.6 Å². The number of carboxylic acid groups (broad SMARTS) is 1. The van der Waals surface area contributed by atoms with Crippen LogP contribution < -0.4 is 5.73 Å². The van der Waals surface area contributed by atoms with E-state index < -0.39 is 12.0 Å². The van der Waals surface area contributed by atoms with E-state index in [4.69, 9.17) is 10.8 Å². The normalized spacial score (nSPS) is 13.8. The molecule has 0 saturated heterocycles. The van der Waals surface area contributed by atoms with Crippen LogP contribution in [0.1, 0.15) is 32.2 Å². The molecule has 0 spiro atoms. The lowest BCUT2D eigenvalue weighted by Crippen LogP contribution is -2.32. The molecule has 1 rings (SSSR count). The van der Waals surface area contributed by atoms with Gasteiger partial charge in [-0.2, -0.15) is 5.10 Å². The number of carboxylic acids is 1. The minimum Gasteiger partial charge on any atom is -0.480 e. The number of aryl methyl sites for hydroxylation is 1. The summed E-state index contributed by atoms with van der Waals surface area (Å²) in [5.41, 5.74) is 7.25. The highest BCUT2D eigenvalue weighted by Crippen LogP contribution is 2.21. The van der Waals surface area contributed by atoms with Gasteiger partial charge in [-0.3, -0.25) is 9.48 Å². The fourth-order valence-corrected chi connectivity index (χ4v) is 1.38. The van der Waals surface area contributed by atoms with Gasteiger partial charge >= 0.3 is 5.97 Å². The smallest absolute Gasteiger partial charge is 0.320 e. The van der Waals surface area contributed by atoms with Gasteiger partial charge in [-0.1, -0.05) is 20.8 Å². The molecule has 5 heteroatoms. The summed E-state index contributed by atoms with van der Waals surface area (Å²) in [7, 11) is 1.80. The van der Waals surface area contributed by atoms with Crippen LogP contribution in [0.2, 0.25) is 0 Å². The zero-order chi connectivity index (χ0) is 12.5. The molecule has 0 amide bonds. The lowest BCUT2D eigenvalue weighted by atomic mass is 9.92. The summed E-state index contributed by atoms with van der Waals surface area (Å²) in [4.78, 5) is 10.7. The fraction of sp³-hybridized carbons (Fsp3) is 0.636. The maximum Gasteiger partial charge on any atom is 0.320 e. The van der Waals surface area contributed by atoms with Crippen LogP contribution in [0.5, 0.6) is 0 Å². The van der Waals surface area contributed by atoms with Crippen molar-refractivity contribution in [2.45, 2.75) is 38.6 Å². The van der Waals surface area contributed by atoms with Gasteiger partial charge in [0.1, 0.15) is 6.04 Å². The summed E-state index contributed by atoms with van der Waals surface area (Å²) in [5, 5.41) is 13.1. The van der Waals surface area contributed by atoms with E-state index in [2.05, 4.69) is 25.9 Å². The molecule has 0 aliphatic carbocycles. The number of rotatable bonds is 3. The molecule has 5 nitrogen and oxygen atoms in total. The molecule has 1 heterocycles. The first-order valence-electron chi connectivity index (χ1n) is 5.23. The number of hydrogen-bond donors (Lipinski definition) is 2. The zero-order valence-electron chi connectivity index (χ0n) is 10.2. The Morgan fingerprint density at radius 2 is 2.19 bits per heavy atom. The molecule has 0 aliphatic heterocycles. The van der Waals surface area contributed by atoms with Crippen LogP contribution in [0, 0.1) is 0 Å². The molecule has 0 aliphatic rings. The first kappa shape index (κ1) is 12.7. The van der Waals surface area contributed by atoms with Crippen LogP contribution >= 0.6 is 0 Å². The Bertz CT molecular complexity index is 390. The first-order chi connectivity index (χ1) is 7.21. The van der Waals surface area contributed by atoms with Crippen LogP contribution in [0.4, 0.5) is 0 Å². The Balaban J connectivity index is 2.91. The fourth-order valence-electron chi connectivity index (χ4n) is 1.38. The Kier molecular flexibility index (Phi) is 3.38. The molecule has 3 N–H and O–H groups in total. The van der Waals surface area contributed by atoms with Gasteiger partial charge in [0.2, 0.25) is 0 Å². The third kappa shape index (κ3) is 2.82. The Morgan fingerprint density at radius 1 is 1.62 bits per heavy atom. The van der Waals surface area contributed by atoms with Crippen molar-refractivity contribution in [3.8, 4) is 0 Å². The molecule has 0 saturated carbocycles. The van der Waals surface area contributed by atoms with E-state index in [1.54, 1.807) is 11.7 Å². The summed E-state index contributed by atoms with van der Waals surface area (Å²) < 4.78 is 1.70. The topological polar surface area (TPSA) is 81.1 Å². The van der Waals surface area contributed by atoms with Gasteiger partial charge in [-0.25, -0.2) is 0 Å².